The molecule has 2 N–H and O–H groups in total. The summed E-state index contributed by atoms with van der Waals surface area (Å²) in [6.45, 7) is 8.81. The Kier molecular flexibility index (Phi) is 6.76. The summed E-state index contributed by atoms with van der Waals surface area (Å²) < 4.78 is 0. The largest absolute Gasteiger partial charge is 0.351 e. The Labute approximate surface area is 153 Å². The van der Waals surface area contributed by atoms with Gasteiger partial charge in [-0.25, -0.2) is 0 Å². The second kappa shape index (κ2) is 8.81. The van der Waals surface area contributed by atoms with Crippen molar-refractivity contribution in [2.75, 3.05) is 11.9 Å². The monoisotopic (exact) mass is 358 g/mol. The molecule has 4 nitrogen and oxygen atoms in total. The Bertz CT molecular complexity index is 695. The van der Waals surface area contributed by atoms with E-state index in [2.05, 4.69) is 50.5 Å². The number of carbonyl (C=O) groups excluding carboxylic acids is 2. The van der Waals surface area contributed by atoms with Gasteiger partial charge in [0.1, 0.15) is 0 Å². The fourth-order valence-corrected chi connectivity index (χ4v) is 3.32. The van der Waals surface area contributed by atoms with Gasteiger partial charge >= 0.3 is 0 Å². The van der Waals surface area contributed by atoms with Crippen molar-refractivity contribution in [1.82, 2.24) is 5.32 Å². The van der Waals surface area contributed by atoms with Gasteiger partial charge in [0, 0.05) is 18.7 Å². The molecule has 25 heavy (non-hydrogen) atoms. The minimum Gasteiger partial charge on any atom is -0.351 e. The van der Waals surface area contributed by atoms with Gasteiger partial charge in [-0.15, -0.1) is 11.3 Å². The van der Waals surface area contributed by atoms with Crippen molar-refractivity contribution in [1.29, 1.82) is 0 Å². The van der Waals surface area contributed by atoms with Crippen molar-refractivity contribution >= 4 is 28.8 Å². The van der Waals surface area contributed by atoms with E-state index < -0.39 is 0 Å². The van der Waals surface area contributed by atoms with Crippen LogP contribution in [0.15, 0.2) is 35.7 Å². The van der Waals surface area contributed by atoms with E-state index in [4.69, 9.17) is 0 Å². The zero-order valence-corrected chi connectivity index (χ0v) is 16.1. The highest BCUT2D eigenvalue weighted by molar-refractivity contribution is 7.12. The molecular formula is C20H26N2O2S. The van der Waals surface area contributed by atoms with E-state index >= 15 is 0 Å². The maximum absolute atomic E-state index is 12.4. The Balaban J connectivity index is 1.99. The molecule has 0 fully saturated rings. The molecule has 0 saturated heterocycles. The number of benzene rings is 1. The van der Waals surface area contributed by atoms with Gasteiger partial charge in [-0.05, 0) is 34.4 Å². The van der Waals surface area contributed by atoms with Gasteiger partial charge in [0.05, 0.1) is 4.88 Å². The molecule has 2 amide bonds. The molecule has 0 aliphatic carbocycles. The molecule has 5 heteroatoms. The third-order valence-electron chi connectivity index (χ3n) is 4.02. The van der Waals surface area contributed by atoms with E-state index in [9.17, 15) is 9.59 Å². The Morgan fingerprint density at radius 1 is 1.00 bits per heavy atom. The Morgan fingerprint density at radius 2 is 1.64 bits per heavy atom. The number of hydrogen-bond donors (Lipinski definition) is 2. The summed E-state index contributed by atoms with van der Waals surface area (Å²) in [5, 5.41) is 7.71. The first-order valence-corrected chi connectivity index (χ1v) is 9.52. The van der Waals surface area contributed by atoms with Crippen molar-refractivity contribution in [2.45, 2.75) is 46.0 Å². The number of hydrogen-bond acceptors (Lipinski definition) is 3. The highest BCUT2D eigenvalue weighted by atomic mass is 32.1. The summed E-state index contributed by atoms with van der Waals surface area (Å²) >= 11 is 1.39. The van der Waals surface area contributed by atoms with Gasteiger partial charge in [-0.1, -0.05) is 52.0 Å². The normalized spacial score (nSPS) is 11.0. The second-order valence-electron chi connectivity index (χ2n) is 6.65. The SMILES string of the molecule is CC(C)c1cccc(C(C)C)c1NC(=O)CCNC(=O)c1cccs1. The van der Waals surface area contributed by atoms with Crippen LogP contribution in [0.2, 0.25) is 0 Å². The molecule has 0 spiro atoms. The number of carbonyl (C=O) groups is 2. The minimum atomic E-state index is -0.131. The van der Waals surface area contributed by atoms with Crippen molar-refractivity contribution in [2.24, 2.45) is 0 Å². The van der Waals surface area contributed by atoms with Crippen molar-refractivity contribution in [3.05, 3.63) is 51.7 Å². The molecule has 0 radical (unpaired) electrons. The van der Waals surface area contributed by atoms with Crippen molar-refractivity contribution in [3.63, 3.8) is 0 Å². The molecule has 1 aromatic carbocycles. The number of para-hydroxylation sites is 1. The number of thiophene rings is 1. The molecule has 0 aliphatic rings. The predicted octanol–water partition coefficient (Wildman–Crippen LogP) is 4.75. The molecular weight excluding hydrogens is 332 g/mol. The average Bonchev–Trinajstić information content (AvgIpc) is 3.09. The van der Waals surface area contributed by atoms with Gasteiger partial charge < -0.3 is 10.6 Å². The minimum absolute atomic E-state index is 0.0820. The van der Waals surface area contributed by atoms with Crippen LogP contribution in [-0.4, -0.2) is 18.4 Å². The maximum atomic E-state index is 12.4. The predicted molar refractivity (Wildman–Crippen MR) is 105 cm³/mol. The lowest BCUT2D eigenvalue weighted by molar-refractivity contribution is -0.116. The topological polar surface area (TPSA) is 58.2 Å². The van der Waals surface area contributed by atoms with Gasteiger partial charge in [0.15, 0.2) is 0 Å². The first-order chi connectivity index (χ1) is 11.9. The van der Waals surface area contributed by atoms with E-state index in [1.807, 2.05) is 17.5 Å². The molecule has 2 rings (SSSR count). The standard InChI is InChI=1S/C20H26N2O2S/c1-13(2)15-7-5-8-16(14(3)4)19(15)22-18(23)10-11-21-20(24)17-9-6-12-25-17/h5-9,12-14H,10-11H2,1-4H3,(H,21,24)(H,22,23). The van der Waals surface area contributed by atoms with Crippen LogP contribution in [0.5, 0.6) is 0 Å². The second-order valence-corrected chi connectivity index (χ2v) is 7.60. The molecule has 0 aliphatic heterocycles. The van der Waals surface area contributed by atoms with E-state index in [0.717, 1.165) is 16.8 Å². The van der Waals surface area contributed by atoms with E-state index in [1.165, 1.54) is 11.3 Å². The zero-order chi connectivity index (χ0) is 18.4. The van der Waals surface area contributed by atoms with Crippen LogP contribution in [0.1, 0.15) is 66.8 Å². The lowest BCUT2D eigenvalue weighted by Crippen LogP contribution is -2.27. The van der Waals surface area contributed by atoms with Crippen LogP contribution in [-0.2, 0) is 4.79 Å². The molecule has 1 aromatic heterocycles. The summed E-state index contributed by atoms with van der Waals surface area (Å²) in [7, 11) is 0. The number of amides is 2. The quantitative estimate of drug-likeness (QED) is 0.750. The highest BCUT2D eigenvalue weighted by Gasteiger charge is 2.16. The maximum Gasteiger partial charge on any atom is 0.261 e. The lowest BCUT2D eigenvalue weighted by atomic mass is 9.92. The smallest absolute Gasteiger partial charge is 0.261 e. The fraction of sp³-hybridized carbons (Fsp3) is 0.400. The Morgan fingerprint density at radius 3 is 2.16 bits per heavy atom. The Hall–Kier alpha value is -2.14. The highest BCUT2D eigenvalue weighted by Crippen LogP contribution is 2.32. The molecule has 2 aromatic rings. The van der Waals surface area contributed by atoms with Gasteiger partial charge in [-0.2, -0.15) is 0 Å². The number of nitrogens with one attached hydrogen (secondary N) is 2. The summed E-state index contributed by atoms with van der Waals surface area (Å²) in [4.78, 5) is 24.9. The van der Waals surface area contributed by atoms with Crippen LogP contribution >= 0.6 is 11.3 Å². The van der Waals surface area contributed by atoms with E-state index in [0.29, 0.717) is 23.3 Å². The molecule has 0 atom stereocenters. The molecule has 0 unspecified atom stereocenters. The fourth-order valence-electron chi connectivity index (χ4n) is 2.68. The van der Waals surface area contributed by atoms with Crippen LogP contribution in [0.3, 0.4) is 0 Å². The molecule has 0 bridgehead atoms. The van der Waals surface area contributed by atoms with E-state index in [1.54, 1.807) is 6.07 Å². The third-order valence-corrected chi connectivity index (χ3v) is 4.89. The molecule has 1 heterocycles. The third kappa shape index (κ3) is 5.16. The van der Waals surface area contributed by atoms with Gasteiger partial charge in [0.2, 0.25) is 5.91 Å². The summed E-state index contributed by atoms with van der Waals surface area (Å²) in [6.07, 6.45) is 0.251. The number of anilines is 1. The van der Waals surface area contributed by atoms with Crippen molar-refractivity contribution in [3.8, 4) is 0 Å². The van der Waals surface area contributed by atoms with Gasteiger partial charge in [0.25, 0.3) is 5.91 Å². The summed E-state index contributed by atoms with van der Waals surface area (Å²) in [5.74, 6) is 0.440. The zero-order valence-electron chi connectivity index (χ0n) is 15.3. The average molecular weight is 359 g/mol. The number of rotatable bonds is 7. The van der Waals surface area contributed by atoms with Crippen LogP contribution < -0.4 is 10.6 Å². The first kappa shape index (κ1) is 19.2. The van der Waals surface area contributed by atoms with Crippen LogP contribution in [0.4, 0.5) is 5.69 Å². The lowest BCUT2D eigenvalue weighted by Gasteiger charge is -2.20. The van der Waals surface area contributed by atoms with E-state index in [-0.39, 0.29) is 18.2 Å². The molecule has 134 valence electrons. The van der Waals surface area contributed by atoms with Gasteiger partial charge in [-0.3, -0.25) is 9.59 Å². The summed E-state index contributed by atoms with van der Waals surface area (Å²) in [5.41, 5.74) is 3.20. The van der Waals surface area contributed by atoms with Crippen LogP contribution in [0.25, 0.3) is 0 Å². The molecule has 0 saturated carbocycles. The van der Waals surface area contributed by atoms with Crippen LogP contribution in [0, 0.1) is 0 Å². The van der Waals surface area contributed by atoms with Crippen molar-refractivity contribution < 1.29 is 9.59 Å². The summed E-state index contributed by atoms with van der Waals surface area (Å²) in [6, 6.07) is 9.77. The first-order valence-electron chi connectivity index (χ1n) is 8.64.